The minimum atomic E-state index is -0.721. The number of nitrogens with one attached hydrogen (secondary N) is 1. The lowest BCUT2D eigenvalue weighted by atomic mass is 9.68. The van der Waals surface area contributed by atoms with E-state index in [2.05, 4.69) is 36.9 Å². The number of piperidine rings is 1. The lowest BCUT2D eigenvalue weighted by molar-refractivity contribution is -0.128. The maximum absolute atomic E-state index is 12.4. The van der Waals surface area contributed by atoms with Crippen LogP contribution in [0.4, 0.5) is 0 Å². The summed E-state index contributed by atoms with van der Waals surface area (Å²) in [4.78, 5) is 14.6. The first-order valence-electron chi connectivity index (χ1n) is 9.39. The molecule has 1 saturated heterocycles. The standard InChI is InChI=1S/C20H34N2O2/c1-5-12-22-13-8-16(9-14-22)18(23)21-15-20(24)10-6-17(7-11-20)19(2,3)4/h1,16-17,24H,6-15H2,2-4H3,(H,21,23). The molecule has 1 aliphatic carbocycles. The number of terminal acetylenes is 1. The van der Waals surface area contributed by atoms with E-state index in [1.54, 1.807) is 0 Å². The van der Waals surface area contributed by atoms with Crippen molar-refractivity contribution >= 4 is 5.91 Å². The van der Waals surface area contributed by atoms with E-state index in [0.717, 1.165) is 51.6 Å². The zero-order valence-electron chi connectivity index (χ0n) is 15.6. The quantitative estimate of drug-likeness (QED) is 0.776. The first-order valence-corrected chi connectivity index (χ1v) is 9.39. The molecule has 4 heteroatoms. The van der Waals surface area contributed by atoms with E-state index in [0.29, 0.717) is 24.4 Å². The Morgan fingerprint density at radius 3 is 2.33 bits per heavy atom. The topological polar surface area (TPSA) is 52.6 Å². The van der Waals surface area contributed by atoms with Gasteiger partial charge in [-0.3, -0.25) is 9.69 Å². The number of aliphatic hydroxyl groups is 1. The molecule has 0 atom stereocenters. The van der Waals surface area contributed by atoms with Gasteiger partial charge in [0.15, 0.2) is 0 Å². The summed E-state index contributed by atoms with van der Waals surface area (Å²) in [6.07, 6.45) is 10.7. The van der Waals surface area contributed by atoms with Crippen LogP contribution in [0, 0.1) is 29.6 Å². The summed E-state index contributed by atoms with van der Waals surface area (Å²) in [5.74, 6) is 3.48. The molecule has 2 N–H and O–H groups in total. The minimum Gasteiger partial charge on any atom is -0.388 e. The third-order valence-electron chi connectivity index (χ3n) is 6.01. The van der Waals surface area contributed by atoms with E-state index in [9.17, 15) is 9.90 Å². The second-order valence-corrected chi connectivity index (χ2v) is 8.84. The maximum atomic E-state index is 12.4. The molecule has 0 unspecified atom stereocenters. The Kier molecular flexibility index (Phi) is 6.33. The van der Waals surface area contributed by atoms with Crippen LogP contribution in [0.2, 0.25) is 0 Å². The maximum Gasteiger partial charge on any atom is 0.223 e. The Balaban J connectivity index is 1.73. The zero-order chi connectivity index (χ0) is 17.8. The second kappa shape index (κ2) is 7.89. The fourth-order valence-electron chi connectivity index (χ4n) is 4.08. The van der Waals surface area contributed by atoms with Crippen molar-refractivity contribution in [2.45, 2.75) is 64.9 Å². The molecule has 1 heterocycles. The largest absolute Gasteiger partial charge is 0.388 e. The molecule has 136 valence electrons. The highest BCUT2D eigenvalue weighted by Crippen LogP contribution is 2.41. The second-order valence-electron chi connectivity index (χ2n) is 8.84. The molecule has 4 nitrogen and oxygen atoms in total. The number of amides is 1. The lowest BCUT2D eigenvalue weighted by Crippen LogP contribution is -2.49. The number of carbonyl (C=O) groups is 1. The van der Waals surface area contributed by atoms with Gasteiger partial charge < -0.3 is 10.4 Å². The van der Waals surface area contributed by atoms with Crippen molar-refractivity contribution < 1.29 is 9.90 Å². The van der Waals surface area contributed by atoms with Crippen molar-refractivity contribution in [3.05, 3.63) is 0 Å². The number of rotatable bonds is 4. The normalized spacial score (nSPS) is 29.9. The van der Waals surface area contributed by atoms with Crippen LogP contribution in [0.25, 0.3) is 0 Å². The molecule has 0 radical (unpaired) electrons. The van der Waals surface area contributed by atoms with E-state index in [1.165, 1.54) is 0 Å². The SMILES string of the molecule is C#CCN1CCC(C(=O)NCC2(O)CCC(C(C)(C)C)CC2)CC1. The Morgan fingerprint density at radius 1 is 1.25 bits per heavy atom. The fourth-order valence-corrected chi connectivity index (χ4v) is 4.08. The first kappa shape index (κ1) is 19.3. The Morgan fingerprint density at radius 2 is 1.83 bits per heavy atom. The number of hydrogen-bond donors (Lipinski definition) is 2. The van der Waals surface area contributed by atoms with Gasteiger partial charge >= 0.3 is 0 Å². The van der Waals surface area contributed by atoms with E-state index in [4.69, 9.17) is 6.42 Å². The van der Waals surface area contributed by atoms with Gasteiger partial charge in [-0.1, -0.05) is 26.7 Å². The van der Waals surface area contributed by atoms with E-state index in [-0.39, 0.29) is 11.8 Å². The van der Waals surface area contributed by atoms with Gasteiger partial charge in [-0.15, -0.1) is 6.42 Å². The number of likely N-dealkylation sites (tertiary alicyclic amines) is 1. The number of hydrogen-bond acceptors (Lipinski definition) is 3. The number of nitrogens with zero attached hydrogens (tertiary/aromatic N) is 1. The molecule has 0 bridgehead atoms. The average Bonchev–Trinajstić information content (AvgIpc) is 2.53. The monoisotopic (exact) mass is 334 g/mol. The Bertz CT molecular complexity index is 459. The molecule has 0 aromatic rings. The van der Waals surface area contributed by atoms with E-state index in [1.807, 2.05) is 0 Å². The van der Waals surface area contributed by atoms with Gasteiger partial charge in [0.05, 0.1) is 12.1 Å². The Hall–Kier alpha value is -1.05. The highest BCUT2D eigenvalue weighted by atomic mass is 16.3. The van der Waals surface area contributed by atoms with Crippen molar-refractivity contribution in [1.29, 1.82) is 0 Å². The molecule has 2 rings (SSSR count). The van der Waals surface area contributed by atoms with Crippen molar-refractivity contribution in [3.8, 4) is 12.3 Å². The zero-order valence-corrected chi connectivity index (χ0v) is 15.6. The van der Waals surface area contributed by atoms with Gasteiger partial charge in [0.2, 0.25) is 5.91 Å². The van der Waals surface area contributed by atoms with E-state index < -0.39 is 5.60 Å². The number of carbonyl (C=O) groups excluding carboxylic acids is 1. The van der Waals surface area contributed by atoms with Crippen LogP contribution < -0.4 is 5.32 Å². The predicted molar refractivity (Wildman–Crippen MR) is 97.4 cm³/mol. The molecular formula is C20H34N2O2. The van der Waals surface area contributed by atoms with Crippen LogP contribution in [0.5, 0.6) is 0 Å². The highest BCUT2D eigenvalue weighted by Gasteiger charge is 2.38. The van der Waals surface area contributed by atoms with Crippen molar-refractivity contribution in [1.82, 2.24) is 10.2 Å². The molecule has 1 saturated carbocycles. The third kappa shape index (κ3) is 5.22. The summed E-state index contributed by atoms with van der Waals surface area (Å²) < 4.78 is 0. The average molecular weight is 335 g/mol. The van der Waals surface area contributed by atoms with Crippen LogP contribution in [-0.2, 0) is 4.79 Å². The fraction of sp³-hybridized carbons (Fsp3) is 0.850. The summed E-state index contributed by atoms with van der Waals surface area (Å²) in [5, 5.41) is 13.8. The van der Waals surface area contributed by atoms with Gasteiger partial charge in [-0.2, -0.15) is 0 Å². The minimum absolute atomic E-state index is 0.0635. The van der Waals surface area contributed by atoms with Crippen LogP contribution >= 0.6 is 0 Å². The molecule has 1 aliphatic heterocycles. The van der Waals surface area contributed by atoms with Gasteiger partial charge in [0, 0.05) is 12.5 Å². The van der Waals surface area contributed by atoms with Gasteiger partial charge in [-0.05, 0) is 62.9 Å². The molecule has 2 fully saturated rings. The first-order chi connectivity index (χ1) is 11.2. The Labute approximate surface area is 147 Å². The van der Waals surface area contributed by atoms with Crippen molar-refractivity contribution in [2.75, 3.05) is 26.2 Å². The van der Waals surface area contributed by atoms with Crippen LogP contribution in [0.1, 0.15) is 59.3 Å². The summed E-state index contributed by atoms with van der Waals surface area (Å²) in [6, 6.07) is 0. The van der Waals surface area contributed by atoms with Crippen molar-refractivity contribution in [2.24, 2.45) is 17.3 Å². The highest BCUT2D eigenvalue weighted by molar-refractivity contribution is 5.78. The smallest absolute Gasteiger partial charge is 0.223 e. The van der Waals surface area contributed by atoms with E-state index >= 15 is 0 Å². The summed E-state index contributed by atoms with van der Waals surface area (Å²) in [7, 11) is 0. The molecule has 1 amide bonds. The summed E-state index contributed by atoms with van der Waals surface area (Å²) in [6.45, 7) is 9.67. The van der Waals surface area contributed by atoms with Crippen LogP contribution in [0.3, 0.4) is 0 Å². The predicted octanol–water partition coefficient (Wildman–Crippen LogP) is 2.42. The summed E-state index contributed by atoms with van der Waals surface area (Å²) in [5.41, 5.74) is -0.418. The van der Waals surface area contributed by atoms with Crippen LogP contribution in [-0.4, -0.2) is 47.7 Å². The molecule has 0 aromatic heterocycles. The summed E-state index contributed by atoms with van der Waals surface area (Å²) >= 11 is 0. The molecule has 24 heavy (non-hydrogen) atoms. The van der Waals surface area contributed by atoms with Gasteiger partial charge in [0.1, 0.15) is 0 Å². The van der Waals surface area contributed by atoms with Crippen molar-refractivity contribution in [3.63, 3.8) is 0 Å². The van der Waals surface area contributed by atoms with Gasteiger partial charge in [0.25, 0.3) is 0 Å². The van der Waals surface area contributed by atoms with Crippen LogP contribution in [0.15, 0.2) is 0 Å². The lowest BCUT2D eigenvalue weighted by Gasteiger charge is -2.41. The molecule has 2 aliphatic rings. The van der Waals surface area contributed by atoms with Gasteiger partial charge in [-0.25, -0.2) is 0 Å². The molecular weight excluding hydrogens is 300 g/mol. The third-order valence-corrected chi connectivity index (χ3v) is 6.01. The molecule has 0 aromatic carbocycles. The molecule has 0 spiro atoms.